The molecule has 1 amide bonds. The van der Waals surface area contributed by atoms with Gasteiger partial charge in [0.1, 0.15) is 11.6 Å². The molecule has 0 fully saturated rings. The molecule has 4 nitrogen and oxygen atoms in total. The van der Waals surface area contributed by atoms with E-state index in [1.807, 2.05) is 22.9 Å². The number of hydrogen-bond acceptors (Lipinski definition) is 4. The number of carbonyl (C=O) groups is 1. The second-order valence-electron chi connectivity index (χ2n) is 5.55. The van der Waals surface area contributed by atoms with Gasteiger partial charge < -0.3 is 10.6 Å². The van der Waals surface area contributed by atoms with Crippen molar-refractivity contribution in [1.82, 2.24) is 10.3 Å². The minimum absolute atomic E-state index is 0.204. The Kier molecular flexibility index (Phi) is 3.82. The number of halogens is 1. The Morgan fingerprint density at radius 1 is 1.04 bits per heavy atom. The Bertz CT molecular complexity index is 1110. The fourth-order valence-corrected chi connectivity index (χ4v) is 3.68. The summed E-state index contributed by atoms with van der Waals surface area (Å²) in [4.78, 5) is 16.8. The smallest absolute Gasteiger partial charge is 0.253 e. The molecule has 0 aliphatic carbocycles. The summed E-state index contributed by atoms with van der Waals surface area (Å²) in [7, 11) is 1.59. The summed E-state index contributed by atoms with van der Waals surface area (Å²) >= 11 is 1.54. The van der Waals surface area contributed by atoms with Crippen molar-refractivity contribution in [2.24, 2.45) is 0 Å². The maximum atomic E-state index is 14.0. The van der Waals surface area contributed by atoms with Crippen LogP contribution in [0.5, 0.6) is 0 Å². The molecule has 0 aliphatic heterocycles. The summed E-state index contributed by atoms with van der Waals surface area (Å²) in [6.45, 7) is 0. The van der Waals surface area contributed by atoms with E-state index in [0.717, 1.165) is 16.2 Å². The normalized spacial score (nSPS) is 11.0. The Morgan fingerprint density at radius 2 is 1.84 bits per heavy atom. The molecule has 2 heterocycles. The zero-order valence-corrected chi connectivity index (χ0v) is 14.2. The van der Waals surface area contributed by atoms with Crippen LogP contribution >= 0.6 is 11.3 Å². The van der Waals surface area contributed by atoms with Crippen molar-refractivity contribution >= 4 is 50.4 Å². The molecular formula is C19H14FN3OS. The lowest BCUT2D eigenvalue weighted by Crippen LogP contribution is -2.18. The quantitative estimate of drug-likeness (QED) is 0.563. The zero-order chi connectivity index (χ0) is 17.4. The van der Waals surface area contributed by atoms with Gasteiger partial charge in [0.15, 0.2) is 0 Å². The first-order valence-electron chi connectivity index (χ1n) is 7.71. The van der Waals surface area contributed by atoms with Gasteiger partial charge in [-0.3, -0.25) is 4.79 Å². The highest BCUT2D eigenvalue weighted by Crippen LogP contribution is 2.35. The summed E-state index contributed by atoms with van der Waals surface area (Å²) in [5.74, 6) is -0.0258. The molecule has 4 rings (SSSR count). The third kappa shape index (κ3) is 2.60. The lowest BCUT2D eigenvalue weighted by Gasteiger charge is -2.12. The number of rotatable bonds is 3. The summed E-state index contributed by atoms with van der Waals surface area (Å²) in [5, 5.41) is 12.5. The maximum absolute atomic E-state index is 14.0. The van der Waals surface area contributed by atoms with Crippen LogP contribution in [0.1, 0.15) is 10.4 Å². The van der Waals surface area contributed by atoms with Crippen LogP contribution in [-0.4, -0.2) is 17.9 Å². The molecule has 4 aromatic rings. The van der Waals surface area contributed by atoms with Crippen LogP contribution in [0, 0.1) is 5.82 Å². The number of benzene rings is 2. The summed E-state index contributed by atoms with van der Waals surface area (Å²) in [6, 6.07) is 12.0. The van der Waals surface area contributed by atoms with Gasteiger partial charge in [0, 0.05) is 28.6 Å². The molecule has 2 aromatic heterocycles. The lowest BCUT2D eigenvalue weighted by atomic mass is 10.1. The minimum atomic E-state index is -0.354. The van der Waals surface area contributed by atoms with E-state index in [9.17, 15) is 9.18 Å². The zero-order valence-electron chi connectivity index (χ0n) is 13.3. The number of hydrogen-bond donors (Lipinski definition) is 2. The van der Waals surface area contributed by atoms with E-state index in [4.69, 9.17) is 0 Å². The first-order chi connectivity index (χ1) is 12.2. The number of fused-ring (bicyclic) bond motifs is 3. The number of nitrogens with one attached hydrogen (secondary N) is 2. The molecule has 0 saturated heterocycles. The Hall–Kier alpha value is -2.99. The number of anilines is 2. The van der Waals surface area contributed by atoms with Gasteiger partial charge in [0.05, 0.1) is 16.8 Å². The maximum Gasteiger partial charge on any atom is 0.253 e. The van der Waals surface area contributed by atoms with Gasteiger partial charge in [-0.05, 0) is 23.6 Å². The second kappa shape index (κ2) is 6.14. The molecule has 0 saturated carbocycles. The van der Waals surface area contributed by atoms with E-state index in [1.165, 1.54) is 6.07 Å². The molecular weight excluding hydrogens is 337 g/mol. The van der Waals surface area contributed by atoms with E-state index < -0.39 is 0 Å². The van der Waals surface area contributed by atoms with Crippen molar-refractivity contribution in [1.29, 1.82) is 0 Å². The molecule has 2 aromatic carbocycles. The molecule has 124 valence electrons. The molecule has 6 heteroatoms. The second-order valence-corrected chi connectivity index (χ2v) is 6.29. The van der Waals surface area contributed by atoms with Crippen LogP contribution < -0.4 is 10.6 Å². The Morgan fingerprint density at radius 3 is 2.64 bits per heavy atom. The molecule has 0 bridgehead atoms. The Labute approximate surface area is 147 Å². The lowest BCUT2D eigenvalue weighted by molar-refractivity contribution is 0.0964. The van der Waals surface area contributed by atoms with Crippen LogP contribution in [0.2, 0.25) is 0 Å². The topological polar surface area (TPSA) is 54.0 Å². The highest BCUT2D eigenvalue weighted by molar-refractivity contribution is 7.09. The van der Waals surface area contributed by atoms with Crippen molar-refractivity contribution in [3.8, 4) is 0 Å². The summed E-state index contributed by atoms with van der Waals surface area (Å²) < 4.78 is 14.0. The van der Waals surface area contributed by atoms with Gasteiger partial charge >= 0.3 is 0 Å². The number of thiophene rings is 1. The predicted molar refractivity (Wildman–Crippen MR) is 100 cm³/mol. The number of pyridine rings is 1. The van der Waals surface area contributed by atoms with Gasteiger partial charge in [-0.1, -0.05) is 24.3 Å². The molecule has 2 N–H and O–H groups in total. The van der Waals surface area contributed by atoms with Gasteiger partial charge in [0.2, 0.25) is 0 Å². The average molecular weight is 351 g/mol. The van der Waals surface area contributed by atoms with Gasteiger partial charge in [-0.25, -0.2) is 9.37 Å². The fourth-order valence-electron chi connectivity index (χ4n) is 2.85. The average Bonchev–Trinajstić information content (AvgIpc) is 3.13. The van der Waals surface area contributed by atoms with E-state index >= 15 is 0 Å². The van der Waals surface area contributed by atoms with E-state index in [2.05, 4.69) is 15.6 Å². The van der Waals surface area contributed by atoms with Crippen molar-refractivity contribution < 1.29 is 9.18 Å². The molecule has 0 unspecified atom stereocenters. The highest BCUT2D eigenvalue weighted by atomic mass is 32.1. The largest absolute Gasteiger partial charge is 0.355 e. The van der Waals surface area contributed by atoms with E-state index in [0.29, 0.717) is 22.6 Å². The Balaban J connectivity index is 1.98. The van der Waals surface area contributed by atoms with Crippen LogP contribution in [0.4, 0.5) is 15.9 Å². The van der Waals surface area contributed by atoms with E-state index in [-0.39, 0.29) is 11.7 Å². The van der Waals surface area contributed by atoms with Gasteiger partial charge in [-0.15, -0.1) is 0 Å². The van der Waals surface area contributed by atoms with Crippen LogP contribution in [0.3, 0.4) is 0 Å². The van der Waals surface area contributed by atoms with Crippen LogP contribution in [0.15, 0.2) is 53.2 Å². The number of amides is 1. The van der Waals surface area contributed by atoms with Crippen molar-refractivity contribution in [2.45, 2.75) is 0 Å². The molecule has 0 spiro atoms. The predicted octanol–water partition coefficient (Wildman–Crippen LogP) is 4.69. The van der Waals surface area contributed by atoms with Crippen molar-refractivity contribution in [3.63, 3.8) is 0 Å². The first-order valence-corrected chi connectivity index (χ1v) is 8.65. The standard InChI is InChI=1S/C19H14FN3OS/c1-21-19(24)12-6-4-5-11-13-9-25-10-14(13)18(23-17(11)12)22-16-8-3-2-7-15(16)20/h2-10H,1H3,(H,21,24)(H,22,23). The molecule has 0 atom stereocenters. The van der Waals surface area contributed by atoms with Crippen LogP contribution in [-0.2, 0) is 0 Å². The number of aromatic nitrogens is 1. The fraction of sp³-hybridized carbons (Fsp3) is 0.0526. The molecule has 25 heavy (non-hydrogen) atoms. The number of carbonyl (C=O) groups excluding carboxylic acids is 1. The first kappa shape index (κ1) is 15.5. The van der Waals surface area contributed by atoms with Gasteiger partial charge in [0.25, 0.3) is 5.91 Å². The summed E-state index contributed by atoms with van der Waals surface area (Å²) in [6.07, 6.45) is 0. The minimum Gasteiger partial charge on any atom is -0.355 e. The monoisotopic (exact) mass is 351 g/mol. The van der Waals surface area contributed by atoms with Crippen molar-refractivity contribution in [2.75, 3.05) is 12.4 Å². The van der Waals surface area contributed by atoms with Crippen LogP contribution in [0.25, 0.3) is 21.7 Å². The molecule has 0 aliphatic rings. The summed E-state index contributed by atoms with van der Waals surface area (Å²) in [5.41, 5.74) is 1.43. The van der Waals surface area contributed by atoms with Gasteiger partial charge in [-0.2, -0.15) is 11.3 Å². The third-order valence-electron chi connectivity index (χ3n) is 4.07. The molecule has 0 radical (unpaired) electrons. The third-order valence-corrected chi connectivity index (χ3v) is 4.81. The number of nitrogens with zero attached hydrogens (tertiary/aromatic N) is 1. The van der Waals surface area contributed by atoms with E-state index in [1.54, 1.807) is 42.6 Å². The van der Waals surface area contributed by atoms with Crippen molar-refractivity contribution in [3.05, 3.63) is 64.6 Å². The SMILES string of the molecule is CNC(=O)c1cccc2c1nc(Nc1ccccc1F)c1cscc12. The number of para-hydroxylation sites is 2. The highest BCUT2D eigenvalue weighted by Gasteiger charge is 2.16.